The second-order valence-corrected chi connectivity index (χ2v) is 5.49. The van der Waals surface area contributed by atoms with Gasteiger partial charge in [-0.2, -0.15) is 0 Å². The summed E-state index contributed by atoms with van der Waals surface area (Å²) in [4.78, 5) is 8.58. The largest absolute Gasteiger partial charge is 0.227 e. The van der Waals surface area contributed by atoms with Gasteiger partial charge in [-0.05, 0) is 19.4 Å². The first kappa shape index (κ1) is 13.1. The number of aromatic nitrogens is 5. The molecule has 0 fully saturated rings. The lowest BCUT2D eigenvalue weighted by atomic mass is 10.2. The molecule has 0 atom stereocenters. The van der Waals surface area contributed by atoms with Crippen LogP contribution in [-0.2, 0) is 12.3 Å². The Morgan fingerprint density at radius 1 is 1.15 bits per heavy atom. The van der Waals surface area contributed by atoms with Crippen molar-refractivity contribution in [3.05, 3.63) is 41.7 Å². The molecule has 6 heteroatoms. The van der Waals surface area contributed by atoms with E-state index < -0.39 is 0 Å². The zero-order chi connectivity index (χ0) is 13.9. The number of benzene rings is 1. The Morgan fingerprint density at radius 3 is 2.70 bits per heavy atom. The first-order chi connectivity index (χ1) is 9.78. The zero-order valence-corrected chi connectivity index (χ0v) is 12.3. The SMILES string of the molecule is CCn1nnc2c(SCc3ccc(C)cc3)ncnc21. The van der Waals surface area contributed by atoms with Crippen LogP contribution in [0.5, 0.6) is 0 Å². The molecule has 0 bridgehead atoms. The van der Waals surface area contributed by atoms with Crippen LogP contribution >= 0.6 is 11.8 Å². The number of nitrogens with zero attached hydrogens (tertiary/aromatic N) is 5. The summed E-state index contributed by atoms with van der Waals surface area (Å²) in [5.74, 6) is 0.866. The van der Waals surface area contributed by atoms with Gasteiger partial charge in [0.2, 0.25) is 0 Å². The van der Waals surface area contributed by atoms with Crippen molar-refractivity contribution < 1.29 is 0 Å². The van der Waals surface area contributed by atoms with E-state index in [1.807, 2.05) is 6.92 Å². The van der Waals surface area contributed by atoms with Crippen molar-refractivity contribution in [1.29, 1.82) is 0 Å². The lowest BCUT2D eigenvalue weighted by molar-refractivity contribution is 0.641. The first-order valence-electron chi connectivity index (χ1n) is 6.50. The number of fused-ring (bicyclic) bond motifs is 1. The smallest absolute Gasteiger partial charge is 0.182 e. The molecule has 2 aromatic heterocycles. The molecule has 3 rings (SSSR count). The molecule has 20 heavy (non-hydrogen) atoms. The van der Waals surface area contributed by atoms with Gasteiger partial charge in [-0.15, -0.1) is 5.10 Å². The van der Waals surface area contributed by atoms with Crippen molar-refractivity contribution in [3.63, 3.8) is 0 Å². The van der Waals surface area contributed by atoms with Gasteiger partial charge >= 0.3 is 0 Å². The number of aryl methyl sites for hydroxylation is 2. The molecule has 102 valence electrons. The highest BCUT2D eigenvalue weighted by Crippen LogP contribution is 2.25. The predicted octanol–water partition coefficient (Wildman–Crippen LogP) is 2.84. The Morgan fingerprint density at radius 2 is 1.95 bits per heavy atom. The molecule has 5 nitrogen and oxygen atoms in total. The van der Waals surface area contributed by atoms with E-state index >= 15 is 0 Å². The van der Waals surface area contributed by atoms with E-state index in [1.54, 1.807) is 22.8 Å². The molecular formula is C14H15N5S. The van der Waals surface area contributed by atoms with Gasteiger partial charge in [0.25, 0.3) is 0 Å². The van der Waals surface area contributed by atoms with Gasteiger partial charge in [0, 0.05) is 12.3 Å². The second-order valence-electron chi connectivity index (χ2n) is 4.53. The molecule has 0 spiro atoms. The molecule has 0 aliphatic carbocycles. The summed E-state index contributed by atoms with van der Waals surface area (Å²) in [7, 11) is 0. The van der Waals surface area contributed by atoms with E-state index in [1.165, 1.54) is 11.1 Å². The van der Waals surface area contributed by atoms with Gasteiger partial charge in [-0.25, -0.2) is 14.6 Å². The van der Waals surface area contributed by atoms with Crippen LogP contribution in [0.2, 0.25) is 0 Å². The maximum atomic E-state index is 4.32. The third kappa shape index (κ3) is 2.51. The normalized spacial score (nSPS) is 11.1. The Kier molecular flexibility index (Phi) is 3.64. The van der Waals surface area contributed by atoms with Gasteiger partial charge in [-0.1, -0.05) is 46.8 Å². The van der Waals surface area contributed by atoms with Crippen molar-refractivity contribution in [3.8, 4) is 0 Å². The molecule has 2 heterocycles. The standard InChI is InChI=1S/C14H15N5S/c1-3-19-13-12(17-18-19)14(16-9-15-13)20-8-11-6-4-10(2)5-7-11/h4-7,9H,3,8H2,1-2H3. The molecule has 0 saturated carbocycles. The minimum absolute atomic E-state index is 0.760. The van der Waals surface area contributed by atoms with Gasteiger partial charge < -0.3 is 0 Å². The third-order valence-corrected chi connectivity index (χ3v) is 4.11. The van der Waals surface area contributed by atoms with Crippen molar-refractivity contribution >= 4 is 22.9 Å². The number of hydrogen-bond acceptors (Lipinski definition) is 5. The molecule has 0 unspecified atom stereocenters. The highest BCUT2D eigenvalue weighted by molar-refractivity contribution is 7.98. The molecule has 0 aliphatic rings. The highest BCUT2D eigenvalue weighted by atomic mass is 32.2. The number of hydrogen-bond donors (Lipinski definition) is 0. The summed E-state index contributed by atoms with van der Waals surface area (Å²) in [6, 6.07) is 8.53. The summed E-state index contributed by atoms with van der Waals surface area (Å²) < 4.78 is 1.78. The molecule has 3 aromatic rings. The molecule has 0 N–H and O–H groups in total. The lowest BCUT2D eigenvalue weighted by Crippen LogP contribution is -1.97. The Labute approximate surface area is 121 Å². The summed E-state index contributed by atoms with van der Waals surface area (Å²) in [6.07, 6.45) is 1.58. The van der Waals surface area contributed by atoms with Crippen molar-refractivity contribution in [2.24, 2.45) is 0 Å². The highest BCUT2D eigenvalue weighted by Gasteiger charge is 2.11. The van der Waals surface area contributed by atoms with E-state index in [-0.39, 0.29) is 0 Å². The summed E-state index contributed by atoms with van der Waals surface area (Å²) >= 11 is 1.67. The fraction of sp³-hybridized carbons (Fsp3) is 0.286. The van der Waals surface area contributed by atoms with E-state index in [0.717, 1.165) is 28.5 Å². The quantitative estimate of drug-likeness (QED) is 0.545. The van der Waals surface area contributed by atoms with Crippen LogP contribution in [0.25, 0.3) is 11.2 Å². The monoisotopic (exact) mass is 285 g/mol. The molecule has 1 aromatic carbocycles. The van der Waals surface area contributed by atoms with Crippen molar-refractivity contribution in [1.82, 2.24) is 25.0 Å². The van der Waals surface area contributed by atoms with E-state index in [2.05, 4.69) is 51.5 Å². The lowest BCUT2D eigenvalue weighted by Gasteiger charge is -2.02. The molecule has 0 saturated heterocycles. The van der Waals surface area contributed by atoms with Crippen LogP contribution in [0.4, 0.5) is 0 Å². The van der Waals surface area contributed by atoms with Gasteiger partial charge in [0.15, 0.2) is 11.2 Å². The Bertz CT molecular complexity index is 720. The van der Waals surface area contributed by atoms with Crippen LogP contribution in [0.1, 0.15) is 18.1 Å². The fourth-order valence-electron chi connectivity index (χ4n) is 1.93. The number of rotatable bonds is 4. The summed E-state index contributed by atoms with van der Waals surface area (Å²) in [5, 5.41) is 9.16. The maximum absolute atomic E-state index is 4.32. The molecule has 0 amide bonds. The van der Waals surface area contributed by atoms with Crippen molar-refractivity contribution in [2.45, 2.75) is 31.2 Å². The van der Waals surface area contributed by atoms with Crippen molar-refractivity contribution in [2.75, 3.05) is 0 Å². The third-order valence-electron chi connectivity index (χ3n) is 3.06. The van der Waals surface area contributed by atoms with E-state index in [0.29, 0.717) is 0 Å². The topological polar surface area (TPSA) is 56.5 Å². The van der Waals surface area contributed by atoms with Crippen LogP contribution in [0, 0.1) is 6.92 Å². The molecule has 0 radical (unpaired) electrons. The number of thioether (sulfide) groups is 1. The summed E-state index contributed by atoms with van der Waals surface area (Å²) in [6.45, 7) is 4.87. The van der Waals surface area contributed by atoms with Crippen LogP contribution < -0.4 is 0 Å². The Hall–Kier alpha value is -1.95. The van der Waals surface area contributed by atoms with Crippen LogP contribution in [0.3, 0.4) is 0 Å². The second kappa shape index (κ2) is 5.58. The van der Waals surface area contributed by atoms with Gasteiger partial charge in [0.1, 0.15) is 11.4 Å². The fourth-order valence-corrected chi connectivity index (χ4v) is 2.81. The van der Waals surface area contributed by atoms with Gasteiger partial charge in [0.05, 0.1) is 0 Å². The zero-order valence-electron chi connectivity index (χ0n) is 11.4. The maximum Gasteiger partial charge on any atom is 0.182 e. The molecule has 0 aliphatic heterocycles. The first-order valence-corrected chi connectivity index (χ1v) is 7.49. The predicted molar refractivity (Wildman–Crippen MR) is 79.5 cm³/mol. The minimum Gasteiger partial charge on any atom is -0.227 e. The van der Waals surface area contributed by atoms with Gasteiger partial charge in [-0.3, -0.25) is 0 Å². The van der Waals surface area contributed by atoms with E-state index in [4.69, 9.17) is 0 Å². The average Bonchev–Trinajstić information content (AvgIpc) is 2.90. The van der Waals surface area contributed by atoms with E-state index in [9.17, 15) is 0 Å². The van der Waals surface area contributed by atoms with Crippen LogP contribution in [0.15, 0.2) is 35.6 Å². The Balaban J connectivity index is 1.84. The minimum atomic E-state index is 0.760. The molecular weight excluding hydrogens is 270 g/mol. The summed E-state index contributed by atoms with van der Waals surface area (Å²) in [5.41, 5.74) is 4.13. The average molecular weight is 285 g/mol. The van der Waals surface area contributed by atoms with Crippen LogP contribution in [-0.4, -0.2) is 25.0 Å².